The number of aryl methyl sites for hydroxylation is 1. The average Bonchev–Trinajstić information content (AvgIpc) is 2.68. The van der Waals surface area contributed by atoms with Crippen molar-refractivity contribution in [3.8, 4) is 0 Å². The zero-order chi connectivity index (χ0) is 22.1. The van der Waals surface area contributed by atoms with Gasteiger partial charge in [-0.05, 0) is 57.1 Å². The van der Waals surface area contributed by atoms with Gasteiger partial charge in [0.15, 0.2) is 15.8 Å². The van der Waals surface area contributed by atoms with Crippen LogP contribution in [-0.2, 0) is 22.8 Å². The van der Waals surface area contributed by atoms with Crippen LogP contribution in [0.1, 0.15) is 23.6 Å². The molecule has 0 radical (unpaired) electrons. The monoisotopic (exact) mass is 430 g/mol. The van der Waals surface area contributed by atoms with Crippen LogP contribution in [0.5, 0.6) is 0 Å². The van der Waals surface area contributed by atoms with Crippen molar-refractivity contribution < 1.29 is 8.42 Å². The highest BCUT2D eigenvalue weighted by molar-refractivity contribution is 7.90. The Kier molecular flexibility index (Phi) is 8.87. The molecular weight excluding hydrogens is 396 g/mol. The van der Waals surface area contributed by atoms with Crippen LogP contribution >= 0.6 is 0 Å². The Bertz CT molecular complexity index is 941. The van der Waals surface area contributed by atoms with Gasteiger partial charge in [0, 0.05) is 25.4 Å². The minimum absolute atomic E-state index is 0.326. The first-order valence-corrected chi connectivity index (χ1v) is 12.1. The number of rotatable bonds is 9. The molecule has 0 bridgehead atoms. The zero-order valence-corrected chi connectivity index (χ0v) is 19.5. The Hall–Kier alpha value is -2.38. The SMILES string of the molecule is CCNC(=NCc1ccc(S(C)(=O)=O)c(C)c1)NCC(Cc1ccccc1)N(C)C. The van der Waals surface area contributed by atoms with Gasteiger partial charge < -0.3 is 15.5 Å². The van der Waals surface area contributed by atoms with E-state index in [2.05, 4.69) is 58.9 Å². The predicted molar refractivity (Wildman–Crippen MR) is 125 cm³/mol. The molecule has 0 aliphatic carbocycles. The highest BCUT2D eigenvalue weighted by Gasteiger charge is 2.13. The van der Waals surface area contributed by atoms with E-state index in [1.807, 2.05) is 32.0 Å². The van der Waals surface area contributed by atoms with Crippen LogP contribution in [0.25, 0.3) is 0 Å². The van der Waals surface area contributed by atoms with Crippen molar-refractivity contribution in [3.05, 3.63) is 65.2 Å². The zero-order valence-electron chi connectivity index (χ0n) is 18.6. The molecule has 0 heterocycles. The lowest BCUT2D eigenvalue weighted by Gasteiger charge is -2.25. The van der Waals surface area contributed by atoms with Crippen molar-refractivity contribution in [3.63, 3.8) is 0 Å². The minimum atomic E-state index is -3.21. The number of likely N-dealkylation sites (N-methyl/N-ethyl adjacent to an activating group) is 1. The number of aliphatic imine (C=N–C) groups is 1. The summed E-state index contributed by atoms with van der Waals surface area (Å²) >= 11 is 0. The van der Waals surface area contributed by atoms with Gasteiger partial charge in [-0.3, -0.25) is 0 Å². The van der Waals surface area contributed by atoms with E-state index in [0.29, 0.717) is 17.5 Å². The Labute approximate surface area is 181 Å². The number of hydrogen-bond donors (Lipinski definition) is 2. The minimum Gasteiger partial charge on any atom is -0.357 e. The molecule has 0 aliphatic heterocycles. The van der Waals surface area contributed by atoms with Crippen LogP contribution in [0, 0.1) is 6.92 Å². The lowest BCUT2D eigenvalue weighted by Crippen LogP contribution is -2.46. The van der Waals surface area contributed by atoms with E-state index in [-0.39, 0.29) is 0 Å². The van der Waals surface area contributed by atoms with Gasteiger partial charge in [0.1, 0.15) is 0 Å². The van der Waals surface area contributed by atoms with E-state index < -0.39 is 9.84 Å². The molecule has 164 valence electrons. The molecule has 0 fully saturated rings. The average molecular weight is 431 g/mol. The van der Waals surface area contributed by atoms with E-state index in [9.17, 15) is 8.42 Å². The van der Waals surface area contributed by atoms with Gasteiger partial charge in [-0.25, -0.2) is 13.4 Å². The number of nitrogens with zero attached hydrogens (tertiary/aromatic N) is 2. The molecule has 2 aromatic carbocycles. The van der Waals surface area contributed by atoms with Crippen molar-refractivity contribution in [1.29, 1.82) is 0 Å². The summed E-state index contributed by atoms with van der Waals surface area (Å²) in [7, 11) is 0.970. The molecular formula is C23H34N4O2S. The maximum atomic E-state index is 11.8. The lowest BCUT2D eigenvalue weighted by molar-refractivity contribution is 0.290. The Morgan fingerprint density at radius 2 is 1.77 bits per heavy atom. The van der Waals surface area contributed by atoms with Crippen LogP contribution < -0.4 is 10.6 Å². The fraction of sp³-hybridized carbons (Fsp3) is 0.435. The number of sulfone groups is 1. The number of guanidine groups is 1. The first kappa shape index (κ1) is 23.9. The molecule has 0 amide bonds. The van der Waals surface area contributed by atoms with Crippen LogP contribution in [0.15, 0.2) is 58.4 Å². The third-order valence-corrected chi connectivity index (χ3v) is 6.21. The lowest BCUT2D eigenvalue weighted by atomic mass is 10.1. The smallest absolute Gasteiger partial charge is 0.191 e. The predicted octanol–water partition coefficient (Wildman–Crippen LogP) is 2.63. The highest BCUT2D eigenvalue weighted by Crippen LogP contribution is 2.17. The molecule has 2 aromatic rings. The van der Waals surface area contributed by atoms with Gasteiger partial charge in [0.05, 0.1) is 11.4 Å². The quantitative estimate of drug-likeness (QED) is 0.473. The highest BCUT2D eigenvalue weighted by atomic mass is 32.2. The van der Waals surface area contributed by atoms with E-state index >= 15 is 0 Å². The maximum absolute atomic E-state index is 11.8. The third kappa shape index (κ3) is 7.46. The van der Waals surface area contributed by atoms with Crippen molar-refractivity contribution in [2.75, 3.05) is 33.4 Å². The van der Waals surface area contributed by atoms with Crippen molar-refractivity contribution in [2.45, 2.75) is 37.8 Å². The Balaban J connectivity index is 2.05. The van der Waals surface area contributed by atoms with Gasteiger partial charge in [-0.15, -0.1) is 0 Å². The number of nitrogens with one attached hydrogen (secondary N) is 2. The summed E-state index contributed by atoms with van der Waals surface area (Å²) in [5.41, 5.74) is 3.03. The second-order valence-corrected chi connectivity index (χ2v) is 9.74. The number of benzene rings is 2. The topological polar surface area (TPSA) is 73.8 Å². The van der Waals surface area contributed by atoms with E-state index in [4.69, 9.17) is 0 Å². The van der Waals surface area contributed by atoms with Gasteiger partial charge in [-0.2, -0.15) is 0 Å². The normalized spacial score (nSPS) is 13.3. The molecule has 1 unspecified atom stereocenters. The Morgan fingerprint density at radius 3 is 2.33 bits per heavy atom. The third-order valence-electron chi connectivity index (χ3n) is 4.95. The van der Waals surface area contributed by atoms with Crippen LogP contribution in [0.2, 0.25) is 0 Å². The Morgan fingerprint density at radius 1 is 1.07 bits per heavy atom. The molecule has 0 aromatic heterocycles. The van der Waals surface area contributed by atoms with Crippen LogP contribution in [0.4, 0.5) is 0 Å². The standard InChI is InChI=1S/C23H34N4O2S/c1-6-24-23(25-16-20-12-13-22(18(2)14-20)30(5,28)29)26-17-21(27(3)4)15-19-10-8-7-9-11-19/h7-14,21H,6,15-17H2,1-5H3,(H2,24,25,26). The summed E-state index contributed by atoms with van der Waals surface area (Å²) in [6.45, 7) is 5.86. The molecule has 0 aliphatic rings. The number of hydrogen-bond acceptors (Lipinski definition) is 4. The summed E-state index contributed by atoms with van der Waals surface area (Å²) < 4.78 is 23.6. The van der Waals surface area contributed by atoms with Crippen molar-refractivity contribution in [2.24, 2.45) is 4.99 Å². The van der Waals surface area contributed by atoms with Crippen molar-refractivity contribution in [1.82, 2.24) is 15.5 Å². The summed E-state index contributed by atoms with van der Waals surface area (Å²) in [6, 6.07) is 16.2. The summed E-state index contributed by atoms with van der Waals surface area (Å²) in [5.74, 6) is 0.752. The van der Waals surface area contributed by atoms with Gasteiger partial charge in [-0.1, -0.05) is 42.5 Å². The largest absolute Gasteiger partial charge is 0.357 e. The fourth-order valence-corrected chi connectivity index (χ4v) is 4.23. The first-order chi connectivity index (χ1) is 14.2. The first-order valence-electron chi connectivity index (χ1n) is 10.2. The molecule has 1 atom stereocenters. The second kappa shape index (κ2) is 11.1. The molecule has 7 heteroatoms. The van der Waals surface area contributed by atoms with Gasteiger partial charge in [0.25, 0.3) is 0 Å². The van der Waals surface area contributed by atoms with Gasteiger partial charge in [0.2, 0.25) is 0 Å². The van der Waals surface area contributed by atoms with E-state index in [1.165, 1.54) is 11.8 Å². The summed E-state index contributed by atoms with van der Waals surface area (Å²) in [5, 5.41) is 6.73. The molecule has 2 N–H and O–H groups in total. The van der Waals surface area contributed by atoms with Crippen LogP contribution in [-0.4, -0.2) is 58.8 Å². The maximum Gasteiger partial charge on any atom is 0.191 e. The van der Waals surface area contributed by atoms with E-state index in [1.54, 1.807) is 6.07 Å². The fourth-order valence-electron chi connectivity index (χ4n) is 3.28. The molecule has 0 saturated carbocycles. The van der Waals surface area contributed by atoms with Crippen LogP contribution in [0.3, 0.4) is 0 Å². The second-order valence-electron chi connectivity index (χ2n) is 7.76. The van der Waals surface area contributed by atoms with Gasteiger partial charge >= 0.3 is 0 Å². The van der Waals surface area contributed by atoms with E-state index in [0.717, 1.165) is 36.6 Å². The summed E-state index contributed by atoms with van der Waals surface area (Å²) in [4.78, 5) is 7.27. The molecule has 6 nitrogen and oxygen atoms in total. The molecule has 0 saturated heterocycles. The molecule has 0 spiro atoms. The summed E-state index contributed by atoms with van der Waals surface area (Å²) in [6.07, 6.45) is 2.18. The van der Waals surface area contributed by atoms with Crippen molar-refractivity contribution >= 4 is 15.8 Å². The molecule has 2 rings (SSSR count). The molecule has 30 heavy (non-hydrogen) atoms.